The number of imidazole rings is 1. The highest BCUT2D eigenvalue weighted by Crippen LogP contribution is 2.26. The van der Waals surface area contributed by atoms with Crippen LogP contribution in [-0.2, 0) is 18.4 Å². The van der Waals surface area contributed by atoms with Gasteiger partial charge in [-0.1, -0.05) is 41.4 Å². The van der Waals surface area contributed by atoms with E-state index in [1.165, 1.54) is 0 Å². The molecule has 0 radical (unpaired) electrons. The number of halogens is 2. The molecule has 0 aliphatic rings. The van der Waals surface area contributed by atoms with Crippen LogP contribution in [0.25, 0.3) is 11.0 Å². The van der Waals surface area contributed by atoms with Gasteiger partial charge in [0.25, 0.3) is 0 Å². The fraction of sp³-hybridized carbons (Fsp3) is 0.263. The molecule has 1 unspecified atom stereocenters. The number of aryl methyl sites for hydroxylation is 2. The Kier molecular flexibility index (Phi) is 5.39. The summed E-state index contributed by atoms with van der Waals surface area (Å²) in [5.41, 5.74) is 2.33. The molecule has 1 amide bonds. The van der Waals surface area contributed by atoms with E-state index < -0.39 is 0 Å². The quantitative estimate of drug-likeness (QED) is 0.716. The number of para-hydroxylation sites is 2. The highest BCUT2D eigenvalue weighted by molar-refractivity contribution is 6.35. The number of nitrogens with one attached hydrogen (secondary N) is 1. The van der Waals surface area contributed by atoms with E-state index in [1.54, 1.807) is 34.4 Å². The number of carbonyl (C=O) groups is 1. The van der Waals surface area contributed by atoms with Crippen LogP contribution < -0.4 is 11.0 Å². The van der Waals surface area contributed by atoms with Crippen molar-refractivity contribution in [3.63, 3.8) is 0 Å². The van der Waals surface area contributed by atoms with Gasteiger partial charge in [0, 0.05) is 30.1 Å². The molecule has 0 spiro atoms. The maximum absolute atomic E-state index is 12.4. The Balaban J connectivity index is 1.70. The normalized spacial score (nSPS) is 12.3. The second kappa shape index (κ2) is 7.56. The number of amides is 1. The van der Waals surface area contributed by atoms with E-state index in [4.69, 9.17) is 23.2 Å². The molecular weight excluding hydrogens is 373 g/mol. The number of benzene rings is 2. The van der Waals surface area contributed by atoms with Crippen molar-refractivity contribution in [2.75, 3.05) is 0 Å². The Morgan fingerprint density at radius 1 is 1.15 bits per heavy atom. The average molecular weight is 392 g/mol. The lowest BCUT2D eigenvalue weighted by atomic mass is 10.1. The lowest BCUT2D eigenvalue weighted by Crippen LogP contribution is -2.29. The standard InChI is InChI=1S/C19H19Cl2N3O2/c1-12(14-8-7-13(20)11-15(14)21)22-18(25)9-10-24-17-6-4-3-5-16(17)23(2)19(24)26/h3-8,11-12H,9-10H2,1-2H3,(H,22,25). The molecule has 1 N–H and O–H groups in total. The van der Waals surface area contributed by atoms with Crippen molar-refractivity contribution < 1.29 is 4.79 Å². The van der Waals surface area contributed by atoms with Crippen LogP contribution in [0.1, 0.15) is 24.9 Å². The summed E-state index contributed by atoms with van der Waals surface area (Å²) >= 11 is 12.1. The van der Waals surface area contributed by atoms with E-state index >= 15 is 0 Å². The van der Waals surface area contributed by atoms with Gasteiger partial charge in [0.05, 0.1) is 17.1 Å². The predicted octanol–water partition coefficient (Wildman–Crippen LogP) is 3.91. The molecule has 0 saturated heterocycles. The lowest BCUT2D eigenvalue weighted by molar-refractivity contribution is -0.121. The largest absolute Gasteiger partial charge is 0.349 e. The first kappa shape index (κ1) is 18.5. The molecule has 7 heteroatoms. The summed E-state index contributed by atoms with van der Waals surface area (Å²) in [6, 6.07) is 12.5. The minimum Gasteiger partial charge on any atom is -0.349 e. The second-order valence-electron chi connectivity index (χ2n) is 6.19. The molecule has 0 bridgehead atoms. The number of rotatable bonds is 5. The van der Waals surface area contributed by atoms with Crippen molar-refractivity contribution in [1.29, 1.82) is 0 Å². The van der Waals surface area contributed by atoms with Crippen LogP contribution in [0.3, 0.4) is 0 Å². The Labute approximate surface area is 161 Å². The van der Waals surface area contributed by atoms with E-state index in [9.17, 15) is 9.59 Å². The zero-order chi connectivity index (χ0) is 18.8. The van der Waals surface area contributed by atoms with Gasteiger partial charge in [0.2, 0.25) is 5.91 Å². The molecule has 0 fully saturated rings. The van der Waals surface area contributed by atoms with Crippen LogP contribution in [0, 0.1) is 0 Å². The summed E-state index contributed by atoms with van der Waals surface area (Å²) in [6.07, 6.45) is 0.198. The summed E-state index contributed by atoms with van der Waals surface area (Å²) in [6.45, 7) is 2.17. The zero-order valence-corrected chi connectivity index (χ0v) is 16.0. The van der Waals surface area contributed by atoms with Crippen molar-refractivity contribution in [3.05, 3.63) is 68.6 Å². The fourth-order valence-corrected chi connectivity index (χ4v) is 3.61. The first-order valence-corrected chi connectivity index (χ1v) is 9.02. The maximum Gasteiger partial charge on any atom is 0.328 e. The van der Waals surface area contributed by atoms with Crippen molar-refractivity contribution >= 4 is 40.1 Å². The van der Waals surface area contributed by atoms with Crippen LogP contribution in [0.4, 0.5) is 0 Å². The molecule has 1 heterocycles. The first-order chi connectivity index (χ1) is 12.4. The van der Waals surface area contributed by atoms with E-state index in [1.807, 2.05) is 31.2 Å². The van der Waals surface area contributed by atoms with Gasteiger partial charge in [-0.15, -0.1) is 0 Å². The number of aromatic nitrogens is 2. The van der Waals surface area contributed by atoms with Crippen LogP contribution in [0.15, 0.2) is 47.3 Å². The summed E-state index contributed by atoms with van der Waals surface area (Å²) in [7, 11) is 1.73. The number of hydrogen-bond donors (Lipinski definition) is 1. The summed E-state index contributed by atoms with van der Waals surface area (Å²) < 4.78 is 3.21. The van der Waals surface area contributed by atoms with E-state index in [0.717, 1.165) is 16.6 Å². The molecule has 0 saturated carbocycles. The third kappa shape index (κ3) is 3.64. The molecule has 1 aromatic heterocycles. The maximum atomic E-state index is 12.4. The third-order valence-electron chi connectivity index (χ3n) is 4.42. The topological polar surface area (TPSA) is 56.0 Å². The number of hydrogen-bond acceptors (Lipinski definition) is 2. The van der Waals surface area contributed by atoms with E-state index in [0.29, 0.717) is 16.6 Å². The average Bonchev–Trinajstić information content (AvgIpc) is 2.84. The smallest absolute Gasteiger partial charge is 0.328 e. The molecule has 2 aromatic carbocycles. The zero-order valence-electron chi connectivity index (χ0n) is 14.5. The minimum atomic E-state index is -0.253. The van der Waals surface area contributed by atoms with E-state index in [-0.39, 0.29) is 24.1 Å². The summed E-state index contributed by atoms with van der Waals surface area (Å²) in [5.74, 6) is -0.150. The molecule has 3 rings (SSSR count). The van der Waals surface area contributed by atoms with Gasteiger partial charge in [0.15, 0.2) is 0 Å². The van der Waals surface area contributed by atoms with Crippen LogP contribution in [-0.4, -0.2) is 15.0 Å². The molecule has 0 aliphatic carbocycles. The van der Waals surface area contributed by atoms with Gasteiger partial charge < -0.3 is 5.32 Å². The Morgan fingerprint density at radius 3 is 2.54 bits per heavy atom. The molecule has 0 aliphatic heterocycles. The van der Waals surface area contributed by atoms with Crippen LogP contribution >= 0.6 is 23.2 Å². The highest BCUT2D eigenvalue weighted by Gasteiger charge is 2.15. The third-order valence-corrected chi connectivity index (χ3v) is 4.98. The highest BCUT2D eigenvalue weighted by atomic mass is 35.5. The van der Waals surface area contributed by atoms with Gasteiger partial charge in [-0.2, -0.15) is 0 Å². The monoisotopic (exact) mass is 391 g/mol. The van der Waals surface area contributed by atoms with Crippen LogP contribution in [0.5, 0.6) is 0 Å². The van der Waals surface area contributed by atoms with Gasteiger partial charge in [-0.05, 0) is 36.8 Å². The fourth-order valence-electron chi connectivity index (χ4n) is 3.04. The second-order valence-corrected chi connectivity index (χ2v) is 7.03. The van der Waals surface area contributed by atoms with Crippen molar-refractivity contribution in [1.82, 2.24) is 14.5 Å². The van der Waals surface area contributed by atoms with Gasteiger partial charge in [0.1, 0.15) is 0 Å². The molecule has 3 aromatic rings. The van der Waals surface area contributed by atoms with Crippen molar-refractivity contribution in [2.45, 2.75) is 25.9 Å². The van der Waals surface area contributed by atoms with Crippen molar-refractivity contribution in [3.8, 4) is 0 Å². The van der Waals surface area contributed by atoms with Gasteiger partial charge in [-0.25, -0.2) is 4.79 Å². The minimum absolute atomic E-state index is 0.132. The van der Waals surface area contributed by atoms with Crippen LogP contribution in [0.2, 0.25) is 10.0 Å². The Bertz CT molecular complexity index is 1020. The predicted molar refractivity (Wildman–Crippen MR) is 105 cm³/mol. The van der Waals surface area contributed by atoms with E-state index in [2.05, 4.69) is 5.32 Å². The SMILES string of the molecule is CC(NC(=O)CCn1c(=O)n(C)c2ccccc21)c1ccc(Cl)cc1Cl. The Hall–Kier alpha value is -2.24. The first-order valence-electron chi connectivity index (χ1n) is 8.27. The lowest BCUT2D eigenvalue weighted by Gasteiger charge is -2.16. The van der Waals surface area contributed by atoms with Crippen molar-refractivity contribution in [2.24, 2.45) is 7.05 Å². The molecule has 5 nitrogen and oxygen atoms in total. The number of nitrogens with zero attached hydrogens (tertiary/aromatic N) is 2. The molecule has 136 valence electrons. The Morgan fingerprint density at radius 2 is 1.85 bits per heavy atom. The number of fused-ring (bicyclic) bond motifs is 1. The number of carbonyl (C=O) groups excluding carboxylic acids is 1. The molecular formula is C19H19Cl2N3O2. The van der Waals surface area contributed by atoms with Gasteiger partial charge >= 0.3 is 5.69 Å². The summed E-state index contributed by atoms with van der Waals surface area (Å²) in [4.78, 5) is 24.7. The molecule has 26 heavy (non-hydrogen) atoms. The summed E-state index contributed by atoms with van der Waals surface area (Å²) in [5, 5.41) is 3.97. The van der Waals surface area contributed by atoms with Gasteiger partial charge in [-0.3, -0.25) is 13.9 Å². The molecule has 1 atom stereocenters.